The van der Waals surface area contributed by atoms with Gasteiger partial charge in [-0.05, 0) is 19.1 Å². The number of carboxylic acids is 1. The Bertz CT molecular complexity index is 693. The zero-order valence-corrected chi connectivity index (χ0v) is 10.7. The lowest BCUT2D eigenvalue weighted by Crippen LogP contribution is -2.30. The molecule has 0 saturated carbocycles. The van der Waals surface area contributed by atoms with Gasteiger partial charge < -0.3 is 5.11 Å². The van der Waals surface area contributed by atoms with Gasteiger partial charge in [0.15, 0.2) is 5.03 Å². The van der Waals surface area contributed by atoms with Gasteiger partial charge in [0.1, 0.15) is 0 Å². The largest absolute Gasteiger partial charge is 0.478 e. The SMILES string of the molecule is C/C(=C/CN1C(=O)c2cccnc2S1(=O)=O)C(=O)O. The van der Waals surface area contributed by atoms with E-state index in [2.05, 4.69) is 4.98 Å². The fraction of sp³-hybridized carbons (Fsp3) is 0.182. The number of nitrogens with zero attached hydrogens (tertiary/aromatic N) is 2. The topological polar surface area (TPSA) is 105 Å². The molecule has 2 rings (SSSR count). The summed E-state index contributed by atoms with van der Waals surface area (Å²) in [4.78, 5) is 26.2. The molecule has 8 heteroatoms. The summed E-state index contributed by atoms with van der Waals surface area (Å²) in [5.41, 5.74) is -0.0317. The number of carbonyl (C=O) groups excluding carboxylic acids is 1. The molecular formula is C11H10N2O5S. The van der Waals surface area contributed by atoms with Crippen molar-refractivity contribution < 1.29 is 23.1 Å². The van der Waals surface area contributed by atoms with Gasteiger partial charge in [-0.2, -0.15) is 8.42 Å². The van der Waals surface area contributed by atoms with E-state index in [1.807, 2.05) is 0 Å². The van der Waals surface area contributed by atoms with E-state index in [-0.39, 0.29) is 22.7 Å². The highest BCUT2D eigenvalue weighted by Crippen LogP contribution is 2.27. The summed E-state index contributed by atoms with van der Waals surface area (Å²) in [5, 5.41) is 8.40. The first-order valence-electron chi connectivity index (χ1n) is 5.28. The summed E-state index contributed by atoms with van der Waals surface area (Å²) in [5.74, 6) is -1.86. The van der Waals surface area contributed by atoms with Crippen molar-refractivity contribution in [2.75, 3.05) is 6.54 Å². The summed E-state index contributed by atoms with van der Waals surface area (Å²) in [6.45, 7) is 0.997. The molecule has 19 heavy (non-hydrogen) atoms. The number of hydrogen-bond acceptors (Lipinski definition) is 5. The average molecular weight is 282 g/mol. The Balaban J connectivity index is 2.39. The third-order valence-electron chi connectivity index (χ3n) is 2.66. The van der Waals surface area contributed by atoms with Crippen LogP contribution >= 0.6 is 0 Å². The quantitative estimate of drug-likeness (QED) is 0.797. The smallest absolute Gasteiger partial charge is 0.331 e. The summed E-state index contributed by atoms with van der Waals surface area (Å²) in [6.07, 6.45) is 2.45. The van der Waals surface area contributed by atoms with Crippen molar-refractivity contribution in [3.63, 3.8) is 0 Å². The molecule has 7 nitrogen and oxygen atoms in total. The Morgan fingerprint density at radius 2 is 2.21 bits per heavy atom. The highest BCUT2D eigenvalue weighted by Gasteiger charge is 2.41. The number of carboxylic acid groups (broad SMARTS) is 1. The molecule has 0 spiro atoms. The van der Waals surface area contributed by atoms with E-state index in [9.17, 15) is 18.0 Å². The van der Waals surface area contributed by atoms with E-state index in [0.29, 0.717) is 4.31 Å². The standard InChI is InChI=1S/C11H10N2O5S/c1-7(11(15)16)4-6-13-10(14)8-3-2-5-12-9(8)19(13,17)18/h2-5H,6H2,1H3,(H,15,16)/b7-4-. The Morgan fingerprint density at radius 1 is 1.53 bits per heavy atom. The second kappa shape index (κ2) is 4.47. The molecule has 1 aliphatic heterocycles. The van der Waals surface area contributed by atoms with E-state index in [1.165, 1.54) is 31.3 Å². The zero-order valence-electron chi connectivity index (χ0n) is 9.90. The van der Waals surface area contributed by atoms with Crippen molar-refractivity contribution >= 4 is 21.9 Å². The van der Waals surface area contributed by atoms with Gasteiger partial charge in [-0.25, -0.2) is 14.1 Å². The van der Waals surface area contributed by atoms with E-state index in [0.717, 1.165) is 0 Å². The van der Waals surface area contributed by atoms with Crippen LogP contribution in [0.5, 0.6) is 0 Å². The highest BCUT2D eigenvalue weighted by molar-refractivity contribution is 7.90. The van der Waals surface area contributed by atoms with Crippen molar-refractivity contribution in [3.8, 4) is 0 Å². The van der Waals surface area contributed by atoms with Crippen LogP contribution in [0.15, 0.2) is 35.0 Å². The fourth-order valence-corrected chi connectivity index (χ4v) is 3.02. The third-order valence-corrected chi connectivity index (χ3v) is 4.37. The molecular weight excluding hydrogens is 272 g/mol. The van der Waals surface area contributed by atoms with Crippen LogP contribution in [0.2, 0.25) is 0 Å². The molecule has 1 aromatic rings. The molecule has 0 aromatic carbocycles. The molecule has 0 aliphatic carbocycles. The van der Waals surface area contributed by atoms with Crippen LogP contribution in [0, 0.1) is 0 Å². The van der Waals surface area contributed by atoms with Gasteiger partial charge >= 0.3 is 5.97 Å². The monoisotopic (exact) mass is 282 g/mol. The average Bonchev–Trinajstić information content (AvgIpc) is 2.56. The van der Waals surface area contributed by atoms with Crippen molar-refractivity contribution in [1.82, 2.24) is 9.29 Å². The van der Waals surface area contributed by atoms with E-state index in [4.69, 9.17) is 5.11 Å². The van der Waals surface area contributed by atoms with Crippen LogP contribution < -0.4 is 0 Å². The molecule has 1 aromatic heterocycles. The zero-order chi connectivity index (χ0) is 14.2. The minimum atomic E-state index is -3.98. The van der Waals surface area contributed by atoms with Crippen LogP contribution in [0.25, 0.3) is 0 Å². The summed E-state index contributed by atoms with van der Waals surface area (Å²) < 4.78 is 24.7. The number of sulfonamides is 1. The molecule has 2 heterocycles. The van der Waals surface area contributed by atoms with Crippen molar-refractivity contribution in [1.29, 1.82) is 0 Å². The van der Waals surface area contributed by atoms with Crippen LogP contribution in [-0.4, -0.2) is 41.2 Å². The number of amides is 1. The molecule has 1 amide bonds. The van der Waals surface area contributed by atoms with Gasteiger partial charge in [-0.3, -0.25) is 4.79 Å². The molecule has 1 N–H and O–H groups in total. The van der Waals surface area contributed by atoms with Gasteiger partial charge in [0, 0.05) is 11.8 Å². The molecule has 0 saturated heterocycles. The Morgan fingerprint density at radius 3 is 2.79 bits per heavy atom. The molecule has 0 bridgehead atoms. The normalized spacial score (nSPS) is 17.4. The van der Waals surface area contributed by atoms with Crippen molar-refractivity contribution in [2.24, 2.45) is 0 Å². The van der Waals surface area contributed by atoms with Crippen molar-refractivity contribution in [2.45, 2.75) is 11.9 Å². The summed E-state index contributed by atoms with van der Waals surface area (Å²) in [6, 6.07) is 2.84. The van der Waals surface area contributed by atoms with Crippen LogP contribution in [0.4, 0.5) is 0 Å². The van der Waals surface area contributed by atoms with E-state index < -0.39 is 21.9 Å². The van der Waals surface area contributed by atoms with Gasteiger partial charge in [-0.1, -0.05) is 6.08 Å². The number of rotatable bonds is 3. The Labute approximate surface area is 109 Å². The number of hydrogen-bond donors (Lipinski definition) is 1. The molecule has 0 atom stereocenters. The van der Waals surface area contributed by atoms with Crippen LogP contribution in [0.1, 0.15) is 17.3 Å². The lowest BCUT2D eigenvalue weighted by molar-refractivity contribution is -0.132. The predicted octanol–water partition coefficient (Wildman–Crippen LogP) is 0.257. The molecule has 0 radical (unpaired) electrons. The minimum Gasteiger partial charge on any atom is -0.478 e. The van der Waals surface area contributed by atoms with Crippen molar-refractivity contribution in [3.05, 3.63) is 35.5 Å². The first kappa shape index (κ1) is 13.2. The highest BCUT2D eigenvalue weighted by atomic mass is 32.2. The van der Waals surface area contributed by atoms with E-state index in [1.54, 1.807) is 0 Å². The van der Waals surface area contributed by atoms with E-state index >= 15 is 0 Å². The second-order valence-corrected chi connectivity index (χ2v) is 5.67. The summed E-state index contributed by atoms with van der Waals surface area (Å²) in [7, 11) is -3.98. The number of pyridine rings is 1. The number of carbonyl (C=O) groups is 2. The molecule has 0 fully saturated rings. The maximum Gasteiger partial charge on any atom is 0.331 e. The van der Waals surface area contributed by atoms with Gasteiger partial charge in [0.05, 0.1) is 12.1 Å². The summed E-state index contributed by atoms with van der Waals surface area (Å²) >= 11 is 0. The lowest BCUT2D eigenvalue weighted by Gasteiger charge is -2.11. The minimum absolute atomic E-state index is 0.00359. The lowest BCUT2D eigenvalue weighted by atomic mass is 10.2. The maximum absolute atomic E-state index is 12.0. The molecule has 100 valence electrons. The number of aliphatic carboxylic acids is 1. The number of aromatic nitrogens is 1. The van der Waals surface area contributed by atoms with Gasteiger partial charge in [0.25, 0.3) is 15.9 Å². The predicted molar refractivity (Wildman–Crippen MR) is 63.9 cm³/mol. The first-order valence-corrected chi connectivity index (χ1v) is 6.72. The molecule has 1 aliphatic rings. The van der Waals surface area contributed by atoms with Gasteiger partial charge in [-0.15, -0.1) is 0 Å². The van der Waals surface area contributed by atoms with Crippen LogP contribution in [-0.2, 0) is 14.8 Å². The van der Waals surface area contributed by atoms with Crippen LogP contribution in [0.3, 0.4) is 0 Å². The first-order chi connectivity index (χ1) is 8.85. The fourth-order valence-electron chi connectivity index (χ4n) is 1.60. The Kier molecular flexibility index (Phi) is 3.11. The second-order valence-electron chi connectivity index (χ2n) is 3.89. The Hall–Kier alpha value is -2.22. The maximum atomic E-state index is 12.0. The number of fused-ring (bicyclic) bond motifs is 1. The van der Waals surface area contributed by atoms with Gasteiger partial charge in [0.2, 0.25) is 0 Å². The molecule has 0 unspecified atom stereocenters. The third kappa shape index (κ3) is 2.10.